The first-order valence-electron chi connectivity index (χ1n) is 6.15. The Labute approximate surface area is 142 Å². The van der Waals surface area contributed by atoms with Crippen molar-refractivity contribution in [3.8, 4) is 0 Å². The molecule has 0 aliphatic carbocycles. The second-order valence-corrected chi connectivity index (χ2v) is 4.52. The molecule has 128 valence electrons. The van der Waals surface area contributed by atoms with Gasteiger partial charge in [0.25, 0.3) is 5.56 Å². The van der Waals surface area contributed by atoms with E-state index in [1.807, 2.05) is 0 Å². The standard InChI is InChI=1S/C10H15N4O3.C2H4O2.Ag/c1-11-6-12(2)8-7(11)9(16)14(4-5-15)10(17)13(8)3;1-2(3)4;/h6,15H,4-5H2,1-3H3;1H3,(H,3,4);/q-1;;+1/p-1. The Hall–Kier alpha value is -1.55. The molecule has 10 heteroatoms. The van der Waals surface area contributed by atoms with Gasteiger partial charge < -0.3 is 24.8 Å². The second kappa shape index (κ2) is 8.18. The number of rotatable bonds is 2. The van der Waals surface area contributed by atoms with Gasteiger partial charge in [-0.15, -0.1) is 0 Å². The largest absolute Gasteiger partial charge is 1.00 e. The first-order valence-corrected chi connectivity index (χ1v) is 6.15. The van der Waals surface area contributed by atoms with Crippen LogP contribution in [0.3, 0.4) is 0 Å². The molecule has 0 spiro atoms. The van der Waals surface area contributed by atoms with Crippen LogP contribution in [0.4, 0.5) is 11.5 Å². The second-order valence-electron chi connectivity index (χ2n) is 4.52. The number of hydrogen-bond donors (Lipinski definition) is 1. The van der Waals surface area contributed by atoms with Crippen molar-refractivity contribution >= 4 is 17.5 Å². The van der Waals surface area contributed by atoms with Gasteiger partial charge in [0, 0.05) is 13.0 Å². The first kappa shape index (κ1) is 20.5. The summed E-state index contributed by atoms with van der Waals surface area (Å²) in [4.78, 5) is 36.4. The molecular weight excluding hydrogens is 388 g/mol. The Morgan fingerprint density at radius 1 is 1.23 bits per heavy atom. The molecule has 0 fully saturated rings. The number of fused-ring (bicyclic) bond motifs is 1. The number of aliphatic hydroxyl groups excluding tert-OH is 1. The van der Waals surface area contributed by atoms with Gasteiger partial charge in [-0.2, -0.15) is 6.67 Å². The molecule has 9 nitrogen and oxygen atoms in total. The molecule has 0 bridgehead atoms. The number of carbonyl (C=O) groups excluding carboxylic acids is 1. The third-order valence-corrected chi connectivity index (χ3v) is 2.85. The van der Waals surface area contributed by atoms with Crippen LogP contribution in [0.15, 0.2) is 9.59 Å². The average Bonchev–Trinajstić information content (AvgIpc) is 2.66. The van der Waals surface area contributed by atoms with Crippen molar-refractivity contribution in [3.05, 3.63) is 27.5 Å². The van der Waals surface area contributed by atoms with Crippen LogP contribution in [0.5, 0.6) is 0 Å². The van der Waals surface area contributed by atoms with E-state index in [2.05, 4.69) is 0 Å². The van der Waals surface area contributed by atoms with Crippen LogP contribution in [0.2, 0.25) is 0 Å². The Kier molecular flexibility index (Phi) is 7.60. The fraction of sp³-hybridized carbons (Fsp3) is 0.500. The van der Waals surface area contributed by atoms with Crippen LogP contribution in [0, 0.1) is 6.67 Å². The fourth-order valence-electron chi connectivity index (χ4n) is 2.12. The van der Waals surface area contributed by atoms with E-state index in [1.54, 1.807) is 37.6 Å². The van der Waals surface area contributed by atoms with Gasteiger partial charge in [0.05, 0.1) is 13.2 Å². The number of hydrogen-bond acceptors (Lipinski definition) is 7. The van der Waals surface area contributed by atoms with Crippen molar-refractivity contribution in [2.75, 3.05) is 30.5 Å². The minimum absolute atomic E-state index is 0. The SMILES string of the molecule is CC(=O)[O-].CN1[CH-]N(C)c2c1c(=O)n(CCO)c(=O)n2C.[Ag+]. The molecule has 2 rings (SSSR count). The molecule has 0 saturated carbocycles. The van der Waals surface area contributed by atoms with Crippen molar-refractivity contribution in [2.24, 2.45) is 7.05 Å². The molecule has 22 heavy (non-hydrogen) atoms. The Bertz CT molecular complexity index is 650. The predicted octanol–water partition coefficient (Wildman–Crippen LogP) is -2.70. The number of aliphatic hydroxyl groups is 1. The molecule has 1 aromatic rings. The smallest absolute Gasteiger partial charge is 0.550 e. The summed E-state index contributed by atoms with van der Waals surface area (Å²) in [6.07, 6.45) is 0. The van der Waals surface area contributed by atoms with E-state index < -0.39 is 11.7 Å². The van der Waals surface area contributed by atoms with Crippen LogP contribution in [-0.4, -0.2) is 40.9 Å². The van der Waals surface area contributed by atoms with Gasteiger partial charge in [0.1, 0.15) is 11.5 Å². The topological polar surface area (TPSA) is 111 Å². The quantitative estimate of drug-likeness (QED) is 0.420. The zero-order valence-corrected chi connectivity index (χ0v) is 14.1. The van der Waals surface area contributed by atoms with Gasteiger partial charge in [-0.05, 0) is 21.0 Å². The van der Waals surface area contributed by atoms with Gasteiger partial charge in [-0.1, -0.05) is 0 Å². The molecule has 0 radical (unpaired) electrons. The van der Waals surface area contributed by atoms with E-state index >= 15 is 0 Å². The fourth-order valence-corrected chi connectivity index (χ4v) is 2.12. The van der Waals surface area contributed by atoms with E-state index in [0.717, 1.165) is 11.5 Å². The summed E-state index contributed by atoms with van der Waals surface area (Å²) in [6.45, 7) is 2.47. The van der Waals surface area contributed by atoms with Gasteiger partial charge in [0.15, 0.2) is 0 Å². The minimum Gasteiger partial charge on any atom is -0.550 e. The third kappa shape index (κ3) is 4.01. The van der Waals surface area contributed by atoms with Crippen LogP contribution >= 0.6 is 0 Å². The number of carboxylic acids is 1. The minimum atomic E-state index is -1.08. The molecule has 0 unspecified atom stereocenters. The molecule has 1 aromatic heterocycles. The van der Waals surface area contributed by atoms with Crippen LogP contribution in [0.1, 0.15) is 6.92 Å². The van der Waals surface area contributed by atoms with Crippen LogP contribution in [0.25, 0.3) is 0 Å². The maximum Gasteiger partial charge on any atom is 1.00 e. The maximum atomic E-state index is 12.1. The van der Waals surface area contributed by atoms with Gasteiger partial charge in [0.2, 0.25) is 0 Å². The van der Waals surface area contributed by atoms with E-state index in [4.69, 9.17) is 15.0 Å². The van der Waals surface area contributed by atoms with Crippen molar-refractivity contribution in [1.82, 2.24) is 9.13 Å². The molecule has 0 amide bonds. The van der Waals surface area contributed by atoms with Gasteiger partial charge >= 0.3 is 28.1 Å². The number of anilines is 2. The average molecular weight is 406 g/mol. The Morgan fingerprint density at radius 3 is 2.18 bits per heavy atom. The summed E-state index contributed by atoms with van der Waals surface area (Å²) in [5.41, 5.74) is -0.346. The molecule has 0 atom stereocenters. The number of aromatic nitrogens is 2. The number of aliphatic carboxylic acids is 1. The summed E-state index contributed by atoms with van der Waals surface area (Å²) >= 11 is 0. The number of carbonyl (C=O) groups is 1. The molecule has 1 N–H and O–H groups in total. The first-order chi connectivity index (χ1) is 9.72. The zero-order chi connectivity index (χ0) is 16.3. The predicted molar refractivity (Wildman–Crippen MR) is 74.8 cm³/mol. The molecule has 0 aromatic carbocycles. The van der Waals surface area contributed by atoms with Crippen molar-refractivity contribution in [1.29, 1.82) is 0 Å². The monoisotopic (exact) mass is 405 g/mol. The number of nitrogens with zero attached hydrogens (tertiary/aromatic N) is 4. The summed E-state index contributed by atoms with van der Waals surface area (Å²) in [5, 5.41) is 17.8. The normalized spacial score (nSPS) is 12.2. The van der Waals surface area contributed by atoms with Crippen LogP contribution in [-0.2, 0) is 40.8 Å². The Balaban J connectivity index is 0.000000791. The summed E-state index contributed by atoms with van der Waals surface area (Å²) in [5.74, 6) is -0.517. The van der Waals surface area contributed by atoms with E-state index in [-0.39, 0.29) is 41.1 Å². The molecule has 1 aliphatic rings. The number of carboxylic acid groups (broad SMARTS) is 1. The van der Waals surface area contributed by atoms with Crippen molar-refractivity contribution < 1.29 is 37.4 Å². The third-order valence-electron chi connectivity index (χ3n) is 2.85. The summed E-state index contributed by atoms with van der Waals surface area (Å²) in [7, 11) is 5.13. The zero-order valence-electron chi connectivity index (χ0n) is 12.7. The van der Waals surface area contributed by atoms with Crippen molar-refractivity contribution in [3.63, 3.8) is 0 Å². The van der Waals surface area contributed by atoms with Gasteiger partial charge in [-0.25, -0.2) is 4.79 Å². The van der Waals surface area contributed by atoms with E-state index in [9.17, 15) is 9.59 Å². The van der Waals surface area contributed by atoms with Crippen molar-refractivity contribution in [2.45, 2.75) is 13.5 Å². The Morgan fingerprint density at radius 2 is 1.73 bits per heavy atom. The van der Waals surface area contributed by atoms with E-state index in [1.165, 1.54) is 4.57 Å². The molecule has 2 heterocycles. The van der Waals surface area contributed by atoms with Gasteiger partial charge in [-0.3, -0.25) is 13.9 Å². The van der Waals surface area contributed by atoms with Crippen LogP contribution < -0.4 is 26.2 Å². The molecular formula is C12H18AgN4O5-. The molecule has 1 aliphatic heterocycles. The summed E-state index contributed by atoms with van der Waals surface area (Å²) in [6, 6.07) is 0. The summed E-state index contributed by atoms with van der Waals surface area (Å²) < 4.78 is 2.45. The van der Waals surface area contributed by atoms with E-state index in [0.29, 0.717) is 11.5 Å². The molecule has 0 saturated heterocycles. The maximum absolute atomic E-state index is 12.1.